The molecule has 0 bridgehead atoms. The summed E-state index contributed by atoms with van der Waals surface area (Å²) in [5, 5.41) is 2.42. The lowest BCUT2D eigenvalue weighted by Crippen LogP contribution is -2.49. The topological polar surface area (TPSA) is 92.5 Å². The Labute approximate surface area is 93.6 Å². The number of likely N-dealkylation sites (N-methyl/N-ethyl adjacent to an activating group) is 1. The number of amides is 3. The Hall–Kier alpha value is -1.24. The molecule has 3 N–H and O–H groups in total. The molecule has 0 heterocycles. The van der Waals surface area contributed by atoms with Gasteiger partial charge in [-0.2, -0.15) is 12.6 Å². The van der Waals surface area contributed by atoms with E-state index < -0.39 is 11.9 Å². The SMILES string of the molecule is CC(=O)NC(CS)C(=O)N(C)CC(N)=O. The Morgan fingerprint density at radius 2 is 2.00 bits per heavy atom. The number of hydrogen-bond donors (Lipinski definition) is 3. The summed E-state index contributed by atoms with van der Waals surface area (Å²) in [7, 11) is 1.44. The van der Waals surface area contributed by atoms with Gasteiger partial charge in [-0.15, -0.1) is 0 Å². The first-order chi connectivity index (χ1) is 6.88. The van der Waals surface area contributed by atoms with Gasteiger partial charge in [0.2, 0.25) is 17.7 Å². The molecule has 0 aromatic heterocycles. The van der Waals surface area contributed by atoms with Gasteiger partial charge < -0.3 is 16.0 Å². The second-order valence-corrected chi connectivity index (χ2v) is 3.46. The van der Waals surface area contributed by atoms with Crippen molar-refractivity contribution in [1.82, 2.24) is 10.2 Å². The maximum absolute atomic E-state index is 11.6. The van der Waals surface area contributed by atoms with Gasteiger partial charge in [-0.1, -0.05) is 0 Å². The van der Waals surface area contributed by atoms with Crippen molar-refractivity contribution in [3.63, 3.8) is 0 Å². The molecular weight excluding hydrogens is 218 g/mol. The number of carbonyl (C=O) groups is 3. The minimum atomic E-state index is -0.727. The maximum atomic E-state index is 11.6. The van der Waals surface area contributed by atoms with Crippen molar-refractivity contribution in [2.45, 2.75) is 13.0 Å². The normalized spacial score (nSPS) is 11.7. The van der Waals surface area contributed by atoms with Crippen LogP contribution in [0.3, 0.4) is 0 Å². The smallest absolute Gasteiger partial charge is 0.246 e. The van der Waals surface area contributed by atoms with Gasteiger partial charge in [-0.25, -0.2) is 0 Å². The Kier molecular flexibility index (Phi) is 5.76. The van der Waals surface area contributed by atoms with E-state index in [1.54, 1.807) is 0 Å². The average molecular weight is 233 g/mol. The standard InChI is InChI=1S/C8H15N3O3S/c1-5(12)10-6(4-15)8(14)11(2)3-7(9)13/h6,15H,3-4H2,1-2H3,(H2,9,13)(H,10,12). The van der Waals surface area contributed by atoms with E-state index in [4.69, 9.17) is 5.73 Å². The molecule has 0 saturated heterocycles. The fourth-order valence-corrected chi connectivity index (χ4v) is 1.26. The van der Waals surface area contributed by atoms with Crippen LogP contribution < -0.4 is 11.1 Å². The van der Waals surface area contributed by atoms with Crippen molar-refractivity contribution < 1.29 is 14.4 Å². The van der Waals surface area contributed by atoms with Crippen molar-refractivity contribution in [2.24, 2.45) is 5.73 Å². The van der Waals surface area contributed by atoms with Gasteiger partial charge in [0.05, 0.1) is 6.54 Å². The van der Waals surface area contributed by atoms with E-state index in [0.29, 0.717) is 0 Å². The van der Waals surface area contributed by atoms with Gasteiger partial charge in [-0.3, -0.25) is 14.4 Å². The number of nitrogens with one attached hydrogen (secondary N) is 1. The van der Waals surface area contributed by atoms with Gasteiger partial charge in [-0.05, 0) is 0 Å². The van der Waals surface area contributed by atoms with Crippen molar-refractivity contribution >= 4 is 30.4 Å². The summed E-state index contributed by atoms with van der Waals surface area (Å²) in [4.78, 5) is 34.1. The predicted molar refractivity (Wildman–Crippen MR) is 58.3 cm³/mol. The number of rotatable bonds is 5. The molecule has 0 rings (SSSR count). The van der Waals surface area contributed by atoms with E-state index in [1.807, 2.05) is 0 Å². The summed E-state index contributed by atoms with van der Waals surface area (Å²) in [5.41, 5.74) is 4.93. The summed E-state index contributed by atoms with van der Waals surface area (Å²) in [6.07, 6.45) is 0. The zero-order chi connectivity index (χ0) is 12.0. The minimum absolute atomic E-state index is 0.168. The van der Waals surface area contributed by atoms with E-state index in [2.05, 4.69) is 17.9 Å². The highest BCUT2D eigenvalue weighted by atomic mass is 32.1. The first-order valence-corrected chi connectivity index (χ1v) is 4.93. The van der Waals surface area contributed by atoms with E-state index in [9.17, 15) is 14.4 Å². The summed E-state index contributed by atoms with van der Waals surface area (Å²) >= 11 is 3.94. The van der Waals surface area contributed by atoms with Crippen molar-refractivity contribution in [3.05, 3.63) is 0 Å². The molecule has 0 spiro atoms. The van der Waals surface area contributed by atoms with Crippen LogP contribution in [0, 0.1) is 0 Å². The first kappa shape index (κ1) is 13.8. The van der Waals surface area contributed by atoms with Gasteiger partial charge >= 0.3 is 0 Å². The molecule has 7 heteroatoms. The average Bonchev–Trinajstić information content (AvgIpc) is 2.11. The van der Waals surface area contributed by atoms with Crippen LogP contribution in [0.15, 0.2) is 0 Å². The molecule has 0 aromatic carbocycles. The minimum Gasteiger partial charge on any atom is -0.368 e. The van der Waals surface area contributed by atoms with Crippen LogP contribution in [-0.4, -0.2) is 48.0 Å². The molecular formula is C8H15N3O3S. The Morgan fingerprint density at radius 1 is 1.47 bits per heavy atom. The van der Waals surface area contributed by atoms with E-state index in [1.165, 1.54) is 14.0 Å². The lowest BCUT2D eigenvalue weighted by atomic mass is 10.3. The van der Waals surface area contributed by atoms with Crippen molar-refractivity contribution in [1.29, 1.82) is 0 Å². The molecule has 86 valence electrons. The molecule has 0 aliphatic carbocycles. The molecule has 1 atom stereocenters. The third kappa shape index (κ3) is 5.26. The zero-order valence-corrected chi connectivity index (χ0v) is 9.58. The van der Waals surface area contributed by atoms with E-state index >= 15 is 0 Å². The lowest BCUT2D eigenvalue weighted by Gasteiger charge is -2.21. The highest BCUT2D eigenvalue weighted by Crippen LogP contribution is 1.95. The third-order valence-electron chi connectivity index (χ3n) is 1.63. The molecule has 0 radical (unpaired) electrons. The van der Waals surface area contributed by atoms with Gasteiger partial charge in [0, 0.05) is 19.7 Å². The van der Waals surface area contributed by atoms with Crippen LogP contribution >= 0.6 is 12.6 Å². The monoisotopic (exact) mass is 233 g/mol. The quantitative estimate of drug-likeness (QED) is 0.497. The molecule has 3 amide bonds. The lowest BCUT2D eigenvalue weighted by molar-refractivity contribution is -0.136. The van der Waals surface area contributed by atoms with Gasteiger partial charge in [0.1, 0.15) is 6.04 Å². The van der Waals surface area contributed by atoms with Crippen LogP contribution in [0.1, 0.15) is 6.92 Å². The molecule has 0 aromatic rings. The number of hydrogen-bond acceptors (Lipinski definition) is 4. The van der Waals surface area contributed by atoms with Crippen LogP contribution in [-0.2, 0) is 14.4 Å². The summed E-state index contributed by atoms with van der Waals surface area (Å²) in [5.74, 6) is -1.15. The predicted octanol–water partition coefficient (Wildman–Crippen LogP) is -1.64. The Morgan fingerprint density at radius 3 is 2.33 bits per heavy atom. The van der Waals surface area contributed by atoms with Crippen LogP contribution in [0.2, 0.25) is 0 Å². The molecule has 0 saturated carbocycles. The molecule has 0 aliphatic rings. The number of carbonyl (C=O) groups excluding carboxylic acids is 3. The number of primary amides is 1. The molecule has 6 nitrogen and oxygen atoms in total. The highest BCUT2D eigenvalue weighted by molar-refractivity contribution is 7.80. The molecule has 15 heavy (non-hydrogen) atoms. The second-order valence-electron chi connectivity index (χ2n) is 3.10. The van der Waals surface area contributed by atoms with Gasteiger partial charge in [0.25, 0.3) is 0 Å². The van der Waals surface area contributed by atoms with Crippen LogP contribution in [0.5, 0.6) is 0 Å². The summed E-state index contributed by atoms with van der Waals surface area (Å²) < 4.78 is 0. The fraction of sp³-hybridized carbons (Fsp3) is 0.625. The molecule has 0 aliphatic heterocycles. The Bertz CT molecular complexity index is 270. The summed E-state index contributed by atoms with van der Waals surface area (Å²) in [6, 6.07) is -0.727. The number of nitrogens with zero attached hydrogens (tertiary/aromatic N) is 1. The first-order valence-electron chi connectivity index (χ1n) is 4.29. The highest BCUT2D eigenvalue weighted by Gasteiger charge is 2.22. The van der Waals surface area contributed by atoms with Crippen molar-refractivity contribution in [3.8, 4) is 0 Å². The fourth-order valence-electron chi connectivity index (χ4n) is 1.01. The van der Waals surface area contributed by atoms with E-state index in [-0.39, 0.29) is 24.1 Å². The molecule has 1 unspecified atom stereocenters. The Balaban J connectivity index is 4.36. The van der Waals surface area contributed by atoms with Gasteiger partial charge in [0.15, 0.2) is 0 Å². The van der Waals surface area contributed by atoms with Crippen molar-refractivity contribution in [2.75, 3.05) is 19.3 Å². The van der Waals surface area contributed by atoms with E-state index in [0.717, 1.165) is 4.90 Å². The maximum Gasteiger partial charge on any atom is 0.246 e. The van der Waals surface area contributed by atoms with Crippen LogP contribution in [0.4, 0.5) is 0 Å². The third-order valence-corrected chi connectivity index (χ3v) is 1.99. The van der Waals surface area contributed by atoms with Crippen LogP contribution in [0.25, 0.3) is 0 Å². The molecule has 0 fully saturated rings. The largest absolute Gasteiger partial charge is 0.368 e. The number of nitrogens with two attached hydrogens (primary N) is 1. The number of thiol groups is 1. The zero-order valence-electron chi connectivity index (χ0n) is 8.69. The second kappa shape index (κ2) is 6.28. The summed E-state index contributed by atoms with van der Waals surface area (Å²) in [6.45, 7) is 1.13.